The highest BCUT2D eigenvalue weighted by molar-refractivity contribution is 5.87. The number of carbonyl (C=O) groups is 2. The molecule has 1 aromatic carbocycles. The predicted molar refractivity (Wildman–Crippen MR) is 111 cm³/mol. The van der Waals surface area contributed by atoms with E-state index in [2.05, 4.69) is 10.1 Å². The first-order chi connectivity index (χ1) is 13.1. The summed E-state index contributed by atoms with van der Waals surface area (Å²) in [7, 11) is 1.36. The van der Waals surface area contributed by atoms with Gasteiger partial charge in [-0.2, -0.15) is 0 Å². The van der Waals surface area contributed by atoms with Crippen LogP contribution in [0.4, 0.5) is 0 Å². The Bertz CT molecular complexity index is 674. The first kappa shape index (κ1) is 22.4. The maximum Gasteiger partial charge on any atom is 0.330 e. The Labute approximate surface area is 173 Å². The zero-order valence-electron chi connectivity index (χ0n) is 16.4. The van der Waals surface area contributed by atoms with Crippen molar-refractivity contribution in [3.8, 4) is 0 Å². The fourth-order valence-electron chi connectivity index (χ4n) is 3.95. The van der Waals surface area contributed by atoms with Crippen LogP contribution < -0.4 is 5.32 Å². The van der Waals surface area contributed by atoms with E-state index < -0.39 is 5.54 Å². The fourth-order valence-corrected chi connectivity index (χ4v) is 3.95. The van der Waals surface area contributed by atoms with Crippen molar-refractivity contribution >= 4 is 30.4 Å². The summed E-state index contributed by atoms with van der Waals surface area (Å²) < 4.78 is 10.4. The lowest BCUT2D eigenvalue weighted by Crippen LogP contribution is -2.51. The average Bonchev–Trinajstić information content (AvgIpc) is 3.38. The molecule has 28 heavy (non-hydrogen) atoms. The molecule has 0 aromatic heterocycles. The molecule has 0 atom stereocenters. The molecule has 6 heteroatoms. The van der Waals surface area contributed by atoms with E-state index in [0.29, 0.717) is 6.54 Å². The van der Waals surface area contributed by atoms with Crippen LogP contribution in [-0.2, 0) is 25.6 Å². The molecule has 0 radical (unpaired) electrons. The van der Waals surface area contributed by atoms with Crippen molar-refractivity contribution in [1.82, 2.24) is 5.32 Å². The van der Waals surface area contributed by atoms with Crippen molar-refractivity contribution in [3.63, 3.8) is 0 Å². The molecular formula is C22H30ClNO4. The van der Waals surface area contributed by atoms with Crippen LogP contribution in [0.3, 0.4) is 0 Å². The molecule has 1 N–H and O–H groups in total. The van der Waals surface area contributed by atoms with Crippen LogP contribution in [0.5, 0.6) is 0 Å². The molecule has 0 amide bonds. The van der Waals surface area contributed by atoms with Crippen LogP contribution >= 0.6 is 12.4 Å². The molecule has 0 bridgehead atoms. The number of hydrogen-bond acceptors (Lipinski definition) is 5. The second-order valence-electron chi connectivity index (χ2n) is 7.55. The molecular weight excluding hydrogens is 378 g/mol. The van der Waals surface area contributed by atoms with Gasteiger partial charge in [0.25, 0.3) is 0 Å². The first-order valence-corrected chi connectivity index (χ1v) is 9.92. The molecule has 0 spiro atoms. The van der Waals surface area contributed by atoms with Gasteiger partial charge in [0.05, 0.1) is 7.11 Å². The lowest BCUT2D eigenvalue weighted by Gasteiger charge is -2.29. The minimum Gasteiger partial charge on any atom is -0.466 e. The monoisotopic (exact) mass is 407 g/mol. The maximum absolute atomic E-state index is 12.8. The summed E-state index contributed by atoms with van der Waals surface area (Å²) in [6.07, 6.45) is 11.4. The third kappa shape index (κ3) is 5.82. The third-order valence-electron chi connectivity index (χ3n) is 5.65. The van der Waals surface area contributed by atoms with Crippen LogP contribution in [0.1, 0.15) is 62.5 Å². The topological polar surface area (TPSA) is 64.6 Å². The number of rotatable bonds is 7. The smallest absolute Gasteiger partial charge is 0.330 e. The Kier molecular flexibility index (Phi) is 8.52. The second-order valence-corrected chi connectivity index (χ2v) is 7.55. The Morgan fingerprint density at radius 2 is 1.75 bits per heavy atom. The minimum atomic E-state index is -0.536. The van der Waals surface area contributed by atoms with Crippen molar-refractivity contribution < 1.29 is 19.1 Å². The number of methoxy groups -OCH3 is 1. The molecule has 2 fully saturated rings. The largest absolute Gasteiger partial charge is 0.466 e. The van der Waals surface area contributed by atoms with E-state index in [1.54, 1.807) is 6.08 Å². The Balaban J connectivity index is 0.00000280. The molecule has 1 aromatic rings. The van der Waals surface area contributed by atoms with E-state index >= 15 is 0 Å². The lowest BCUT2D eigenvalue weighted by atomic mass is 9.97. The van der Waals surface area contributed by atoms with Crippen molar-refractivity contribution in [1.29, 1.82) is 0 Å². The lowest BCUT2D eigenvalue weighted by molar-refractivity contribution is -0.157. The van der Waals surface area contributed by atoms with Gasteiger partial charge in [0.15, 0.2) is 0 Å². The molecule has 5 nitrogen and oxygen atoms in total. The van der Waals surface area contributed by atoms with Gasteiger partial charge in [-0.1, -0.05) is 37.1 Å². The number of nitrogens with one attached hydrogen (secondary N) is 1. The van der Waals surface area contributed by atoms with Crippen LogP contribution in [0.15, 0.2) is 30.3 Å². The fraction of sp³-hybridized carbons (Fsp3) is 0.545. The molecule has 0 unspecified atom stereocenters. The van der Waals surface area contributed by atoms with E-state index in [1.807, 2.05) is 24.3 Å². The number of hydrogen-bond donors (Lipinski definition) is 1. The zero-order chi connectivity index (χ0) is 19.1. The summed E-state index contributed by atoms with van der Waals surface area (Å²) in [6.45, 7) is 0.626. The van der Waals surface area contributed by atoms with E-state index in [1.165, 1.54) is 13.2 Å². The summed E-state index contributed by atoms with van der Waals surface area (Å²) in [5, 5.41) is 3.50. The first-order valence-electron chi connectivity index (χ1n) is 9.92. The summed E-state index contributed by atoms with van der Waals surface area (Å²) in [5.74, 6) is -0.436. The van der Waals surface area contributed by atoms with Crippen molar-refractivity contribution in [2.75, 3.05) is 7.11 Å². The van der Waals surface area contributed by atoms with Crippen LogP contribution in [0, 0.1) is 0 Å². The van der Waals surface area contributed by atoms with E-state index in [4.69, 9.17) is 4.74 Å². The highest BCUT2D eigenvalue weighted by Crippen LogP contribution is 2.33. The number of ether oxygens (including phenoxy) is 2. The Morgan fingerprint density at radius 1 is 1.11 bits per heavy atom. The number of halogens is 1. The van der Waals surface area contributed by atoms with Crippen molar-refractivity contribution in [2.24, 2.45) is 0 Å². The van der Waals surface area contributed by atoms with Gasteiger partial charge in [0.2, 0.25) is 0 Å². The van der Waals surface area contributed by atoms with Gasteiger partial charge in [-0.3, -0.25) is 10.1 Å². The van der Waals surface area contributed by atoms with Crippen LogP contribution in [-0.4, -0.2) is 30.7 Å². The van der Waals surface area contributed by atoms with E-state index in [0.717, 1.165) is 62.5 Å². The third-order valence-corrected chi connectivity index (χ3v) is 5.65. The molecule has 2 aliphatic rings. The number of benzene rings is 1. The zero-order valence-corrected chi connectivity index (χ0v) is 17.3. The molecule has 2 saturated carbocycles. The van der Waals surface area contributed by atoms with Gasteiger partial charge >= 0.3 is 11.9 Å². The molecule has 154 valence electrons. The number of esters is 2. The molecule has 0 aliphatic heterocycles. The minimum absolute atomic E-state index is 0. The number of carbonyl (C=O) groups excluding carboxylic acids is 2. The summed E-state index contributed by atoms with van der Waals surface area (Å²) in [5.41, 5.74) is 1.50. The van der Waals surface area contributed by atoms with Crippen LogP contribution in [0.25, 0.3) is 6.08 Å². The van der Waals surface area contributed by atoms with Gasteiger partial charge in [0, 0.05) is 12.6 Å². The highest BCUT2D eigenvalue weighted by Gasteiger charge is 2.43. The molecule has 2 aliphatic carbocycles. The molecule has 3 rings (SSSR count). The quantitative estimate of drug-likeness (QED) is 0.542. The summed E-state index contributed by atoms with van der Waals surface area (Å²) >= 11 is 0. The standard InChI is InChI=1S/C22H29NO4.ClH/c1-26-20(24)13-12-17-8-10-18(11-9-17)16-23-22(14-4-5-15-22)21(25)27-19-6-2-3-7-19;/h8-13,19,23H,2-7,14-16H2,1H3;1H. The molecule has 0 heterocycles. The summed E-state index contributed by atoms with van der Waals surface area (Å²) in [4.78, 5) is 24.0. The van der Waals surface area contributed by atoms with Gasteiger partial charge in [-0.25, -0.2) is 4.79 Å². The summed E-state index contributed by atoms with van der Waals surface area (Å²) in [6, 6.07) is 7.92. The van der Waals surface area contributed by atoms with Gasteiger partial charge in [-0.15, -0.1) is 12.4 Å². The Hall–Kier alpha value is -1.85. The van der Waals surface area contributed by atoms with Gasteiger partial charge < -0.3 is 9.47 Å². The highest BCUT2D eigenvalue weighted by atomic mass is 35.5. The Morgan fingerprint density at radius 3 is 2.36 bits per heavy atom. The van der Waals surface area contributed by atoms with Crippen molar-refractivity contribution in [2.45, 2.75) is 69.6 Å². The maximum atomic E-state index is 12.8. The normalized spacial score (nSPS) is 18.8. The predicted octanol–water partition coefficient (Wildman–Crippen LogP) is 4.18. The molecule has 0 saturated heterocycles. The second kappa shape index (κ2) is 10.6. The van der Waals surface area contributed by atoms with E-state index in [9.17, 15) is 9.59 Å². The van der Waals surface area contributed by atoms with Gasteiger partial charge in [-0.05, 0) is 55.7 Å². The SMILES string of the molecule is COC(=O)C=Cc1ccc(CNC2(C(=O)OC3CCCC3)CCCC2)cc1.Cl. The average molecular weight is 408 g/mol. The van der Waals surface area contributed by atoms with Gasteiger partial charge in [0.1, 0.15) is 11.6 Å². The van der Waals surface area contributed by atoms with E-state index in [-0.39, 0.29) is 30.4 Å². The van der Waals surface area contributed by atoms with Crippen LogP contribution in [0.2, 0.25) is 0 Å². The van der Waals surface area contributed by atoms with Crippen molar-refractivity contribution in [3.05, 3.63) is 41.5 Å².